The second-order valence-electron chi connectivity index (χ2n) is 8.92. The van der Waals surface area contributed by atoms with Crippen LogP contribution in [0.4, 0.5) is 0 Å². The molecule has 0 saturated carbocycles. The molecule has 0 bridgehead atoms. The number of sulfone groups is 1. The third kappa shape index (κ3) is 4.39. The number of nitrogens with zero attached hydrogens (tertiary/aromatic N) is 3. The van der Waals surface area contributed by atoms with Crippen LogP contribution in [0.5, 0.6) is 5.75 Å². The summed E-state index contributed by atoms with van der Waals surface area (Å²) >= 11 is 0. The van der Waals surface area contributed by atoms with Crippen LogP contribution >= 0.6 is 0 Å². The summed E-state index contributed by atoms with van der Waals surface area (Å²) in [5.41, 5.74) is 3.01. The molecule has 0 radical (unpaired) electrons. The Morgan fingerprint density at radius 2 is 2.15 bits per heavy atom. The highest BCUT2D eigenvalue weighted by Gasteiger charge is 2.32. The molecule has 0 aliphatic carbocycles. The minimum absolute atomic E-state index is 0.0200. The summed E-state index contributed by atoms with van der Waals surface area (Å²) in [4.78, 5) is 18.2. The van der Waals surface area contributed by atoms with Crippen molar-refractivity contribution in [3.05, 3.63) is 41.6 Å². The van der Waals surface area contributed by atoms with Crippen LogP contribution in [0.3, 0.4) is 0 Å². The maximum absolute atomic E-state index is 13.4. The number of hydrogen-bond donors (Lipinski definition) is 1. The van der Waals surface area contributed by atoms with Gasteiger partial charge in [0.1, 0.15) is 5.75 Å². The normalized spacial score (nSPS) is 21.7. The largest absolute Gasteiger partial charge is 0.497 e. The van der Waals surface area contributed by atoms with E-state index in [1.807, 2.05) is 31.2 Å². The first-order valence-electron chi connectivity index (χ1n) is 11.5. The highest BCUT2D eigenvalue weighted by Crippen LogP contribution is 2.32. The fraction of sp³-hybridized carbons (Fsp3) is 0.458. The molecule has 2 fully saturated rings. The van der Waals surface area contributed by atoms with Gasteiger partial charge in [0, 0.05) is 18.7 Å². The quantitative estimate of drug-likeness (QED) is 0.572. The number of carbonyl (C=O) groups is 1. The average molecular weight is 485 g/mol. The molecular weight excluding hydrogens is 456 g/mol. The van der Waals surface area contributed by atoms with Crippen molar-refractivity contribution in [1.82, 2.24) is 20.1 Å². The van der Waals surface area contributed by atoms with Crippen LogP contribution in [0.25, 0.3) is 22.3 Å². The van der Waals surface area contributed by atoms with Crippen LogP contribution in [0.2, 0.25) is 0 Å². The Morgan fingerprint density at radius 3 is 2.85 bits per heavy atom. The van der Waals surface area contributed by atoms with E-state index in [2.05, 4.69) is 10.4 Å². The van der Waals surface area contributed by atoms with E-state index in [1.54, 1.807) is 17.9 Å². The number of pyridine rings is 1. The zero-order valence-corrected chi connectivity index (χ0v) is 20.1. The first-order chi connectivity index (χ1) is 16.3. The number of aromatic nitrogens is 3. The van der Waals surface area contributed by atoms with Crippen LogP contribution < -0.4 is 10.1 Å². The van der Waals surface area contributed by atoms with Crippen LogP contribution in [-0.4, -0.2) is 67.0 Å². The van der Waals surface area contributed by atoms with E-state index >= 15 is 0 Å². The predicted octanol–water partition coefficient (Wildman–Crippen LogP) is 2.68. The summed E-state index contributed by atoms with van der Waals surface area (Å²) < 4.78 is 37.0. The molecule has 0 unspecified atom stereocenters. The zero-order chi connectivity index (χ0) is 23.9. The van der Waals surface area contributed by atoms with Gasteiger partial charge in [-0.1, -0.05) is 12.1 Å². The number of ether oxygens (including phenoxy) is 2. The van der Waals surface area contributed by atoms with Gasteiger partial charge in [-0.2, -0.15) is 5.10 Å². The first kappa shape index (κ1) is 22.8. The highest BCUT2D eigenvalue weighted by atomic mass is 32.2. The van der Waals surface area contributed by atoms with Crippen LogP contribution in [-0.2, 0) is 14.6 Å². The van der Waals surface area contributed by atoms with Crippen molar-refractivity contribution in [2.75, 3.05) is 31.8 Å². The molecule has 2 aromatic heterocycles. The molecule has 1 N–H and O–H groups in total. The number of amides is 1. The minimum atomic E-state index is -3.12. The van der Waals surface area contributed by atoms with Gasteiger partial charge in [-0.25, -0.2) is 18.1 Å². The van der Waals surface area contributed by atoms with E-state index in [1.165, 1.54) is 0 Å². The number of fused-ring (bicyclic) bond motifs is 1. The van der Waals surface area contributed by atoms with Crippen molar-refractivity contribution in [2.45, 2.75) is 38.3 Å². The summed E-state index contributed by atoms with van der Waals surface area (Å²) in [6, 6.07) is 8.93. The molecular formula is C24H28N4O5S. The summed E-state index contributed by atoms with van der Waals surface area (Å²) in [5.74, 6) is 0.598. The number of aryl methyl sites for hydroxylation is 1. The van der Waals surface area contributed by atoms with Gasteiger partial charge in [0.25, 0.3) is 5.91 Å². The number of nitrogens with one attached hydrogen (secondary N) is 1. The van der Waals surface area contributed by atoms with Gasteiger partial charge in [-0.05, 0) is 44.4 Å². The number of methoxy groups -OCH3 is 1. The van der Waals surface area contributed by atoms with Gasteiger partial charge >= 0.3 is 0 Å². The SMILES string of the molecule is COc1cccc(-c2cc(C(=O)NC[C@@H]3CCCO3)c3c(C)nn([C@@H]4CCS(=O)(=O)C4)c3n2)c1. The van der Waals surface area contributed by atoms with Crippen molar-refractivity contribution < 1.29 is 22.7 Å². The van der Waals surface area contributed by atoms with E-state index in [0.29, 0.717) is 46.7 Å². The highest BCUT2D eigenvalue weighted by molar-refractivity contribution is 7.91. The Hall–Kier alpha value is -2.98. The van der Waals surface area contributed by atoms with E-state index in [-0.39, 0.29) is 29.6 Å². The van der Waals surface area contributed by atoms with Gasteiger partial charge in [0.2, 0.25) is 0 Å². The second kappa shape index (κ2) is 8.99. The maximum atomic E-state index is 13.4. The van der Waals surface area contributed by atoms with E-state index in [0.717, 1.165) is 25.0 Å². The van der Waals surface area contributed by atoms with Gasteiger partial charge < -0.3 is 14.8 Å². The van der Waals surface area contributed by atoms with Crippen LogP contribution in [0.15, 0.2) is 30.3 Å². The Balaban J connectivity index is 1.61. The standard InChI is InChI=1S/C24H28N4O5S/c1-15-22-20(24(29)25-13-19-7-4-9-33-19)12-21(16-5-3-6-18(11-16)32-2)26-23(22)28(27-15)17-8-10-34(30,31)14-17/h3,5-6,11-12,17,19H,4,7-10,13-14H2,1-2H3,(H,25,29)/t17-,19+/m1/s1. The fourth-order valence-electron chi connectivity index (χ4n) is 4.75. The van der Waals surface area contributed by atoms with E-state index in [9.17, 15) is 13.2 Å². The maximum Gasteiger partial charge on any atom is 0.252 e. The summed E-state index contributed by atoms with van der Waals surface area (Å²) in [5, 5.41) is 8.29. The lowest BCUT2D eigenvalue weighted by atomic mass is 10.0. The number of benzene rings is 1. The van der Waals surface area contributed by atoms with Crippen molar-refractivity contribution >= 4 is 26.8 Å². The van der Waals surface area contributed by atoms with E-state index in [4.69, 9.17) is 14.5 Å². The van der Waals surface area contributed by atoms with Crippen LogP contribution in [0, 0.1) is 6.92 Å². The van der Waals surface area contributed by atoms with Gasteiger partial charge in [-0.15, -0.1) is 0 Å². The number of carbonyl (C=O) groups excluding carboxylic acids is 1. The number of rotatable bonds is 6. The van der Waals surface area contributed by atoms with E-state index < -0.39 is 9.84 Å². The third-order valence-corrected chi connectivity index (χ3v) is 8.27. The Labute approximate surface area is 198 Å². The molecule has 34 heavy (non-hydrogen) atoms. The molecule has 5 rings (SSSR count). The summed E-state index contributed by atoms with van der Waals surface area (Å²) in [6.45, 7) is 2.98. The second-order valence-corrected chi connectivity index (χ2v) is 11.1. The lowest BCUT2D eigenvalue weighted by Crippen LogP contribution is -2.32. The molecule has 1 aromatic carbocycles. The minimum Gasteiger partial charge on any atom is -0.497 e. The predicted molar refractivity (Wildman–Crippen MR) is 128 cm³/mol. The Bertz CT molecular complexity index is 1340. The van der Waals surface area contributed by atoms with Crippen LogP contribution in [0.1, 0.15) is 41.4 Å². The molecule has 2 aliphatic heterocycles. The van der Waals surface area contributed by atoms with Gasteiger partial charge in [0.15, 0.2) is 15.5 Å². The molecule has 2 aliphatic rings. The Kier molecular flexibility index (Phi) is 6.03. The third-order valence-electron chi connectivity index (χ3n) is 6.52. The Morgan fingerprint density at radius 1 is 1.29 bits per heavy atom. The van der Waals surface area contributed by atoms with Crippen molar-refractivity contribution in [3.8, 4) is 17.0 Å². The summed E-state index contributed by atoms with van der Waals surface area (Å²) in [7, 11) is -1.52. The van der Waals surface area contributed by atoms with Crippen molar-refractivity contribution in [3.63, 3.8) is 0 Å². The smallest absolute Gasteiger partial charge is 0.252 e. The molecule has 9 nitrogen and oxygen atoms in total. The molecule has 1 amide bonds. The molecule has 0 spiro atoms. The molecule has 2 saturated heterocycles. The summed E-state index contributed by atoms with van der Waals surface area (Å²) in [6.07, 6.45) is 2.42. The first-order valence-corrected chi connectivity index (χ1v) is 13.3. The van der Waals surface area contributed by atoms with Crippen molar-refractivity contribution in [1.29, 1.82) is 0 Å². The monoisotopic (exact) mass is 484 g/mol. The number of hydrogen-bond acceptors (Lipinski definition) is 7. The molecule has 10 heteroatoms. The van der Waals surface area contributed by atoms with Gasteiger partial charge in [-0.3, -0.25) is 4.79 Å². The lowest BCUT2D eigenvalue weighted by Gasteiger charge is -2.14. The van der Waals surface area contributed by atoms with Crippen molar-refractivity contribution in [2.24, 2.45) is 0 Å². The molecule has 4 heterocycles. The topological polar surface area (TPSA) is 112 Å². The molecule has 3 aromatic rings. The molecule has 2 atom stereocenters. The van der Waals surface area contributed by atoms with Gasteiger partial charge in [0.05, 0.1) is 53.1 Å². The fourth-order valence-corrected chi connectivity index (χ4v) is 6.44. The average Bonchev–Trinajstić information content (AvgIpc) is 3.56. The lowest BCUT2D eigenvalue weighted by molar-refractivity contribution is 0.0859. The zero-order valence-electron chi connectivity index (χ0n) is 19.3. The molecule has 180 valence electrons.